The van der Waals surface area contributed by atoms with E-state index < -0.39 is 20.8 Å². The fourth-order valence-electron chi connectivity index (χ4n) is 0.718. The first-order chi connectivity index (χ1) is 5.82. The Kier molecular flexibility index (Phi) is 5.21. The maximum Gasteiger partial charge on any atom is 1.00 e. The molecule has 0 radical (unpaired) electrons. The number of phenols is 1. The van der Waals surface area contributed by atoms with Crippen molar-refractivity contribution in [2.75, 3.05) is 0 Å². The summed E-state index contributed by atoms with van der Waals surface area (Å²) in [4.78, 5) is -0.776. The van der Waals surface area contributed by atoms with Gasteiger partial charge in [-0.2, -0.15) is 0 Å². The SMILES string of the molecule is O=S(=O)([O-])c1cc(Cl)c(Cl)cc1O.[Na+]. The summed E-state index contributed by atoms with van der Waals surface area (Å²) in [6.07, 6.45) is 0. The van der Waals surface area contributed by atoms with E-state index in [1.54, 1.807) is 0 Å². The van der Waals surface area contributed by atoms with Gasteiger partial charge in [0.25, 0.3) is 0 Å². The molecule has 8 heteroatoms. The molecule has 0 saturated heterocycles. The van der Waals surface area contributed by atoms with Gasteiger partial charge in [0, 0.05) is 6.07 Å². The molecule has 0 saturated carbocycles. The number of aromatic hydroxyl groups is 1. The van der Waals surface area contributed by atoms with E-state index >= 15 is 0 Å². The second-order valence-corrected chi connectivity index (χ2v) is 4.35. The predicted molar refractivity (Wildman–Crippen MR) is 46.1 cm³/mol. The number of hydrogen-bond acceptors (Lipinski definition) is 4. The summed E-state index contributed by atoms with van der Waals surface area (Å²) >= 11 is 10.9. The minimum absolute atomic E-state index is 0. The first-order valence-electron chi connectivity index (χ1n) is 2.96. The molecule has 0 fully saturated rings. The van der Waals surface area contributed by atoms with Gasteiger partial charge >= 0.3 is 29.6 Å². The quantitative estimate of drug-likeness (QED) is 0.501. The van der Waals surface area contributed by atoms with Crippen molar-refractivity contribution in [1.29, 1.82) is 0 Å². The average Bonchev–Trinajstić information content (AvgIpc) is 1.94. The summed E-state index contributed by atoms with van der Waals surface area (Å²) in [6, 6.07) is 1.70. The Bertz CT molecular complexity index is 445. The third-order valence-electron chi connectivity index (χ3n) is 1.27. The molecule has 72 valence electrons. The van der Waals surface area contributed by atoms with Gasteiger partial charge in [-0.25, -0.2) is 8.42 Å². The topological polar surface area (TPSA) is 77.4 Å². The van der Waals surface area contributed by atoms with Crippen LogP contribution in [0.3, 0.4) is 0 Å². The summed E-state index contributed by atoms with van der Waals surface area (Å²) in [5.74, 6) is -0.704. The van der Waals surface area contributed by atoms with E-state index in [0.29, 0.717) is 0 Å². The van der Waals surface area contributed by atoms with Gasteiger partial charge in [-0.05, 0) is 6.07 Å². The molecule has 1 rings (SSSR count). The maximum absolute atomic E-state index is 10.5. The van der Waals surface area contributed by atoms with Gasteiger partial charge in [-0.15, -0.1) is 0 Å². The van der Waals surface area contributed by atoms with Gasteiger partial charge in [0.1, 0.15) is 15.9 Å². The van der Waals surface area contributed by atoms with E-state index in [1.165, 1.54) is 0 Å². The standard InChI is InChI=1S/C6H4Cl2O4S.Na/c7-3-1-5(9)6(2-4(3)8)13(10,11)12;/h1-2,9H,(H,10,11,12);/q;+1/p-1. The van der Waals surface area contributed by atoms with Crippen LogP contribution in [0.1, 0.15) is 0 Å². The fraction of sp³-hybridized carbons (Fsp3) is 0. The Balaban J connectivity index is 0.00000169. The molecule has 0 aromatic heterocycles. The minimum Gasteiger partial charge on any atom is -0.744 e. The molecule has 1 aromatic rings. The zero-order valence-corrected chi connectivity index (χ0v) is 11.3. The van der Waals surface area contributed by atoms with Crippen molar-refractivity contribution in [2.45, 2.75) is 4.90 Å². The summed E-state index contributed by atoms with van der Waals surface area (Å²) in [5, 5.41) is 8.90. The Morgan fingerprint density at radius 3 is 2.07 bits per heavy atom. The summed E-state index contributed by atoms with van der Waals surface area (Å²) in [7, 11) is -4.72. The fourth-order valence-corrected chi connectivity index (χ4v) is 1.68. The Hall–Kier alpha value is 0.510. The predicted octanol–water partition coefficient (Wildman–Crippen LogP) is -1.39. The molecule has 0 bridgehead atoms. The van der Waals surface area contributed by atoms with Gasteiger partial charge in [0.15, 0.2) is 0 Å². The van der Waals surface area contributed by atoms with Crippen molar-refractivity contribution in [3.8, 4) is 5.75 Å². The van der Waals surface area contributed by atoms with Crippen LogP contribution in [0.25, 0.3) is 0 Å². The first-order valence-corrected chi connectivity index (χ1v) is 5.12. The zero-order valence-electron chi connectivity index (χ0n) is 6.99. The zero-order chi connectivity index (χ0) is 10.2. The molecular weight excluding hydrogens is 262 g/mol. The summed E-state index contributed by atoms with van der Waals surface area (Å²) in [6.45, 7) is 0. The third kappa shape index (κ3) is 3.27. The normalized spacial score (nSPS) is 10.8. The molecule has 14 heavy (non-hydrogen) atoms. The molecule has 1 aromatic carbocycles. The molecular formula is C6H3Cl2NaO4S. The van der Waals surface area contributed by atoms with E-state index in [-0.39, 0.29) is 39.6 Å². The maximum atomic E-state index is 10.5. The van der Waals surface area contributed by atoms with Crippen LogP contribution >= 0.6 is 23.2 Å². The number of phenolic OH excluding ortho intramolecular Hbond substituents is 1. The number of halogens is 2. The van der Waals surface area contributed by atoms with Crippen molar-refractivity contribution in [2.24, 2.45) is 0 Å². The molecule has 0 atom stereocenters. The van der Waals surface area contributed by atoms with E-state index in [1.807, 2.05) is 0 Å². The number of benzene rings is 1. The summed E-state index contributed by atoms with van der Waals surface area (Å²) in [5.41, 5.74) is 0. The van der Waals surface area contributed by atoms with E-state index in [4.69, 9.17) is 28.3 Å². The molecule has 0 amide bonds. The molecule has 0 aliphatic heterocycles. The van der Waals surface area contributed by atoms with E-state index in [0.717, 1.165) is 12.1 Å². The van der Waals surface area contributed by atoms with Crippen LogP contribution in [0.4, 0.5) is 0 Å². The van der Waals surface area contributed by atoms with E-state index in [2.05, 4.69) is 0 Å². The van der Waals surface area contributed by atoms with E-state index in [9.17, 15) is 13.0 Å². The van der Waals surface area contributed by atoms with Crippen molar-refractivity contribution in [3.05, 3.63) is 22.2 Å². The Morgan fingerprint density at radius 1 is 1.21 bits per heavy atom. The number of rotatable bonds is 1. The largest absolute Gasteiger partial charge is 1.00 e. The monoisotopic (exact) mass is 264 g/mol. The minimum atomic E-state index is -4.72. The van der Waals surface area contributed by atoms with Crippen LogP contribution in [0.2, 0.25) is 10.0 Å². The molecule has 4 nitrogen and oxygen atoms in total. The van der Waals surface area contributed by atoms with Crippen LogP contribution in [-0.2, 0) is 10.1 Å². The second kappa shape index (κ2) is 5.03. The van der Waals surface area contributed by atoms with Crippen LogP contribution < -0.4 is 29.6 Å². The van der Waals surface area contributed by atoms with Crippen molar-refractivity contribution in [1.82, 2.24) is 0 Å². The van der Waals surface area contributed by atoms with Gasteiger partial charge in [0.2, 0.25) is 0 Å². The van der Waals surface area contributed by atoms with Gasteiger partial charge in [-0.1, -0.05) is 23.2 Å². The summed E-state index contributed by atoms with van der Waals surface area (Å²) < 4.78 is 31.5. The molecule has 0 heterocycles. The first kappa shape index (κ1) is 14.5. The molecule has 0 aliphatic carbocycles. The molecule has 0 aliphatic rings. The van der Waals surface area contributed by atoms with Gasteiger partial charge in [0.05, 0.1) is 14.9 Å². The Morgan fingerprint density at radius 2 is 1.64 bits per heavy atom. The van der Waals surface area contributed by atoms with Crippen LogP contribution in [-0.4, -0.2) is 18.1 Å². The van der Waals surface area contributed by atoms with Gasteiger partial charge in [-0.3, -0.25) is 0 Å². The number of hydrogen-bond donors (Lipinski definition) is 1. The smallest absolute Gasteiger partial charge is 0.744 e. The van der Waals surface area contributed by atoms with Gasteiger partial charge < -0.3 is 9.66 Å². The Labute approximate surface area is 113 Å². The van der Waals surface area contributed by atoms with Crippen molar-refractivity contribution >= 4 is 33.3 Å². The van der Waals surface area contributed by atoms with Crippen LogP contribution in [0.5, 0.6) is 5.75 Å². The average molecular weight is 265 g/mol. The van der Waals surface area contributed by atoms with Crippen LogP contribution in [0.15, 0.2) is 17.0 Å². The molecule has 0 unspecified atom stereocenters. The molecule has 1 N–H and O–H groups in total. The molecule has 0 spiro atoms. The van der Waals surface area contributed by atoms with Crippen LogP contribution in [0, 0.1) is 0 Å². The third-order valence-corrected chi connectivity index (χ3v) is 2.86. The van der Waals surface area contributed by atoms with Crippen molar-refractivity contribution in [3.63, 3.8) is 0 Å². The second-order valence-electron chi connectivity index (χ2n) is 2.19. The van der Waals surface area contributed by atoms with Crippen molar-refractivity contribution < 1.29 is 47.6 Å².